The molecule has 0 aromatic heterocycles. The number of amides is 1. The second-order valence-electron chi connectivity index (χ2n) is 3.62. The summed E-state index contributed by atoms with van der Waals surface area (Å²) in [7, 11) is 0. The quantitative estimate of drug-likeness (QED) is 0.746. The normalized spacial score (nSPS) is 18.9. The molecular formula is C9H15NO3S. The number of carboxylic acid groups (broad SMARTS) is 1. The van der Waals surface area contributed by atoms with Gasteiger partial charge in [0.2, 0.25) is 5.91 Å². The number of hydrogen-bond acceptors (Lipinski definition) is 3. The van der Waals surface area contributed by atoms with Crippen LogP contribution in [0.3, 0.4) is 0 Å². The molecule has 1 aliphatic rings. The molecular weight excluding hydrogens is 202 g/mol. The van der Waals surface area contributed by atoms with Crippen molar-refractivity contribution >= 4 is 23.6 Å². The lowest BCUT2D eigenvalue weighted by Crippen LogP contribution is -2.54. The summed E-state index contributed by atoms with van der Waals surface area (Å²) in [5.41, 5.74) is 0. The molecule has 1 unspecified atom stereocenters. The van der Waals surface area contributed by atoms with Crippen molar-refractivity contribution in [1.82, 2.24) is 4.90 Å². The van der Waals surface area contributed by atoms with Crippen molar-refractivity contribution in [3.05, 3.63) is 0 Å². The van der Waals surface area contributed by atoms with E-state index < -0.39 is 5.97 Å². The fraction of sp³-hybridized carbons (Fsp3) is 0.778. The molecule has 4 nitrogen and oxygen atoms in total. The molecule has 0 aromatic rings. The van der Waals surface area contributed by atoms with E-state index in [9.17, 15) is 9.59 Å². The van der Waals surface area contributed by atoms with Gasteiger partial charge < -0.3 is 10.0 Å². The molecule has 1 aliphatic heterocycles. The minimum Gasteiger partial charge on any atom is -0.481 e. The van der Waals surface area contributed by atoms with E-state index in [0.29, 0.717) is 18.8 Å². The van der Waals surface area contributed by atoms with Gasteiger partial charge in [-0.2, -0.15) is 11.8 Å². The highest BCUT2D eigenvalue weighted by molar-refractivity contribution is 7.99. The summed E-state index contributed by atoms with van der Waals surface area (Å²) in [4.78, 5) is 23.7. The number of thioether (sulfide) groups is 1. The molecule has 1 heterocycles. The van der Waals surface area contributed by atoms with Crippen LogP contribution in [0.25, 0.3) is 0 Å². The van der Waals surface area contributed by atoms with Gasteiger partial charge in [0.15, 0.2) is 0 Å². The number of likely N-dealkylation sites (tertiary alicyclic amines) is 1. The summed E-state index contributed by atoms with van der Waals surface area (Å²) in [5.74, 6) is -0.362. The van der Waals surface area contributed by atoms with Crippen molar-refractivity contribution in [2.24, 2.45) is 11.8 Å². The first-order valence-electron chi connectivity index (χ1n) is 4.55. The van der Waals surface area contributed by atoms with Crippen molar-refractivity contribution in [1.29, 1.82) is 0 Å². The second-order valence-corrected chi connectivity index (χ2v) is 4.48. The minimum absolute atomic E-state index is 0.117. The van der Waals surface area contributed by atoms with Crippen molar-refractivity contribution in [3.8, 4) is 0 Å². The molecule has 1 amide bonds. The van der Waals surface area contributed by atoms with E-state index in [1.165, 1.54) is 11.8 Å². The van der Waals surface area contributed by atoms with Crippen molar-refractivity contribution in [3.63, 3.8) is 0 Å². The molecule has 1 saturated heterocycles. The summed E-state index contributed by atoms with van der Waals surface area (Å²) >= 11 is 1.50. The number of aliphatic carboxylic acids is 1. The van der Waals surface area contributed by atoms with Gasteiger partial charge in [-0.1, -0.05) is 6.92 Å². The highest BCUT2D eigenvalue weighted by atomic mass is 32.2. The summed E-state index contributed by atoms with van der Waals surface area (Å²) in [5, 5.41) is 8.74. The van der Waals surface area contributed by atoms with Crippen LogP contribution in [0.2, 0.25) is 0 Å². The Hall–Kier alpha value is -0.710. The molecule has 0 aliphatic carbocycles. The van der Waals surface area contributed by atoms with Gasteiger partial charge in [-0.25, -0.2) is 0 Å². The molecule has 1 atom stereocenters. The SMILES string of the molecule is CSCC(=O)N1CC(C(C)C(=O)O)C1. The first-order valence-corrected chi connectivity index (χ1v) is 5.95. The topological polar surface area (TPSA) is 57.6 Å². The largest absolute Gasteiger partial charge is 0.481 e. The molecule has 14 heavy (non-hydrogen) atoms. The van der Waals surface area contributed by atoms with Crippen molar-refractivity contribution in [2.45, 2.75) is 6.92 Å². The lowest BCUT2D eigenvalue weighted by Gasteiger charge is -2.41. The number of nitrogens with zero attached hydrogens (tertiary/aromatic N) is 1. The maximum Gasteiger partial charge on any atom is 0.306 e. The number of rotatable bonds is 4. The third-order valence-corrected chi connectivity index (χ3v) is 3.16. The zero-order chi connectivity index (χ0) is 10.7. The van der Waals surface area contributed by atoms with Crippen LogP contribution in [-0.4, -0.2) is 47.0 Å². The predicted molar refractivity (Wildman–Crippen MR) is 55.3 cm³/mol. The minimum atomic E-state index is -0.771. The fourth-order valence-corrected chi connectivity index (χ4v) is 1.88. The van der Waals surface area contributed by atoms with E-state index in [1.54, 1.807) is 11.8 Å². The third-order valence-electron chi connectivity index (χ3n) is 2.63. The smallest absolute Gasteiger partial charge is 0.306 e. The van der Waals surface area contributed by atoms with E-state index in [0.717, 1.165) is 0 Å². The summed E-state index contributed by atoms with van der Waals surface area (Å²) in [6, 6.07) is 0. The van der Waals surface area contributed by atoms with E-state index in [2.05, 4.69) is 0 Å². The van der Waals surface area contributed by atoms with Gasteiger partial charge in [-0.3, -0.25) is 9.59 Å². The molecule has 5 heteroatoms. The molecule has 1 N–H and O–H groups in total. The van der Waals surface area contributed by atoms with E-state index in [-0.39, 0.29) is 17.7 Å². The molecule has 0 aromatic carbocycles. The van der Waals surface area contributed by atoms with Crippen LogP contribution in [0.15, 0.2) is 0 Å². The molecule has 1 rings (SSSR count). The van der Waals surface area contributed by atoms with Gasteiger partial charge in [0.05, 0.1) is 11.7 Å². The third kappa shape index (κ3) is 2.41. The van der Waals surface area contributed by atoms with Gasteiger partial charge in [0.1, 0.15) is 0 Å². The van der Waals surface area contributed by atoms with Gasteiger partial charge >= 0.3 is 5.97 Å². The van der Waals surface area contributed by atoms with Crippen molar-refractivity contribution < 1.29 is 14.7 Å². The van der Waals surface area contributed by atoms with Crippen LogP contribution < -0.4 is 0 Å². The van der Waals surface area contributed by atoms with Crippen LogP contribution >= 0.6 is 11.8 Å². The maximum atomic E-state index is 11.3. The Labute approximate surface area is 87.7 Å². The lowest BCUT2D eigenvalue weighted by molar-refractivity contribution is -0.149. The number of carbonyl (C=O) groups excluding carboxylic acids is 1. The summed E-state index contributed by atoms with van der Waals surface area (Å²) in [6.07, 6.45) is 1.88. The van der Waals surface area contributed by atoms with Crippen LogP contribution in [0, 0.1) is 11.8 Å². The van der Waals surface area contributed by atoms with Crippen LogP contribution in [-0.2, 0) is 9.59 Å². The second kappa shape index (κ2) is 4.68. The summed E-state index contributed by atoms with van der Waals surface area (Å²) in [6.45, 7) is 2.91. The van der Waals surface area contributed by atoms with E-state index in [4.69, 9.17) is 5.11 Å². The zero-order valence-electron chi connectivity index (χ0n) is 8.40. The monoisotopic (exact) mass is 217 g/mol. The Balaban J connectivity index is 2.29. The predicted octanol–water partition coefficient (Wildman–Crippen LogP) is 0.529. The van der Waals surface area contributed by atoms with E-state index >= 15 is 0 Å². The Kier molecular flexibility index (Phi) is 3.80. The number of carboxylic acids is 1. The average molecular weight is 217 g/mol. The van der Waals surface area contributed by atoms with Crippen molar-refractivity contribution in [2.75, 3.05) is 25.1 Å². The highest BCUT2D eigenvalue weighted by Gasteiger charge is 2.36. The Bertz CT molecular complexity index is 238. The standard InChI is InChI=1S/C9H15NO3S/c1-6(9(12)13)7-3-10(4-7)8(11)5-14-2/h6-7H,3-5H2,1-2H3,(H,12,13). The van der Waals surface area contributed by atoms with E-state index in [1.807, 2.05) is 6.26 Å². The Morgan fingerprint density at radius 1 is 1.57 bits per heavy atom. The maximum absolute atomic E-state index is 11.3. The zero-order valence-corrected chi connectivity index (χ0v) is 9.21. The molecule has 0 spiro atoms. The first-order chi connectivity index (χ1) is 6.56. The first kappa shape index (κ1) is 11.4. The molecule has 1 fully saturated rings. The van der Waals surface area contributed by atoms with Gasteiger partial charge in [-0.15, -0.1) is 0 Å². The number of hydrogen-bond donors (Lipinski definition) is 1. The van der Waals surface area contributed by atoms with Crippen LogP contribution in [0.5, 0.6) is 0 Å². The van der Waals surface area contributed by atoms with Gasteiger partial charge in [0.25, 0.3) is 0 Å². The lowest BCUT2D eigenvalue weighted by atomic mass is 9.87. The molecule has 0 bridgehead atoms. The Morgan fingerprint density at radius 2 is 2.14 bits per heavy atom. The van der Waals surface area contributed by atoms with Crippen LogP contribution in [0.4, 0.5) is 0 Å². The molecule has 0 saturated carbocycles. The Morgan fingerprint density at radius 3 is 2.57 bits per heavy atom. The van der Waals surface area contributed by atoms with Gasteiger partial charge in [0, 0.05) is 19.0 Å². The molecule has 0 radical (unpaired) electrons. The van der Waals surface area contributed by atoms with Gasteiger partial charge in [-0.05, 0) is 6.26 Å². The van der Waals surface area contributed by atoms with Crippen LogP contribution in [0.1, 0.15) is 6.92 Å². The highest BCUT2D eigenvalue weighted by Crippen LogP contribution is 2.24. The molecule has 80 valence electrons. The average Bonchev–Trinajstić information content (AvgIpc) is 2.01. The summed E-state index contributed by atoms with van der Waals surface area (Å²) < 4.78 is 0. The fourth-order valence-electron chi connectivity index (χ4n) is 1.45. The number of carbonyl (C=O) groups is 2.